The summed E-state index contributed by atoms with van der Waals surface area (Å²) in [5.41, 5.74) is 0.930. The van der Waals surface area contributed by atoms with E-state index in [0.717, 1.165) is 19.3 Å². The molecule has 5 nitrogen and oxygen atoms in total. The van der Waals surface area contributed by atoms with Gasteiger partial charge in [-0.1, -0.05) is 6.07 Å². The van der Waals surface area contributed by atoms with Crippen molar-refractivity contribution in [3.63, 3.8) is 0 Å². The minimum absolute atomic E-state index is 0.0408. The van der Waals surface area contributed by atoms with Crippen LogP contribution in [0.4, 0.5) is 0 Å². The van der Waals surface area contributed by atoms with E-state index in [-0.39, 0.29) is 35.9 Å². The predicted molar refractivity (Wildman–Crippen MR) is 82.7 cm³/mol. The van der Waals surface area contributed by atoms with Crippen molar-refractivity contribution in [3.05, 3.63) is 29.3 Å². The lowest BCUT2D eigenvalue weighted by Crippen LogP contribution is -2.49. The number of nitrogens with zero attached hydrogens (tertiary/aromatic N) is 1. The molecule has 1 saturated heterocycles. The van der Waals surface area contributed by atoms with Gasteiger partial charge in [0.15, 0.2) is 6.61 Å². The maximum Gasteiger partial charge on any atom is 0.338 e. The second-order valence-corrected chi connectivity index (χ2v) is 6.01. The van der Waals surface area contributed by atoms with E-state index in [2.05, 4.69) is 0 Å². The quantitative estimate of drug-likeness (QED) is 0.872. The maximum absolute atomic E-state index is 12.3. The number of hydrogen-bond donors (Lipinski definition) is 1. The van der Waals surface area contributed by atoms with Crippen molar-refractivity contribution in [1.29, 1.82) is 0 Å². The van der Waals surface area contributed by atoms with Gasteiger partial charge in [0, 0.05) is 12.1 Å². The van der Waals surface area contributed by atoms with Gasteiger partial charge in [-0.05, 0) is 57.7 Å². The number of esters is 1. The molecular weight excluding hydrogens is 282 g/mol. The molecule has 1 fully saturated rings. The molecule has 22 heavy (non-hydrogen) atoms. The van der Waals surface area contributed by atoms with Crippen LogP contribution >= 0.6 is 0 Å². The van der Waals surface area contributed by atoms with Gasteiger partial charge in [-0.2, -0.15) is 0 Å². The number of hydrogen-bond acceptors (Lipinski definition) is 4. The zero-order valence-electron chi connectivity index (χ0n) is 13.3. The number of ether oxygens (including phenoxy) is 1. The molecule has 0 aromatic heterocycles. The van der Waals surface area contributed by atoms with Crippen LogP contribution in [0.25, 0.3) is 0 Å². The number of aromatic hydroxyl groups is 1. The molecule has 2 rings (SSSR count). The topological polar surface area (TPSA) is 66.8 Å². The molecule has 120 valence electrons. The van der Waals surface area contributed by atoms with Crippen LogP contribution in [-0.4, -0.2) is 40.6 Å². The molecule has 5 heteroatoms. The highest BCUT2D eigenvalue weighted by molar-refractivity contribution is 5.91. The summed E-state index contributed by atoms with van der Waals surface area (Å²) in [5.74, 6) is -0.718. The zero-order valence-corrected chi connectivity index (χ0v) is 13.3. The number of phenols is 1. The molecule has 0 unspecified atom stereocenters. The summed E-state index contributed by atoms with van der Waals surface area (Å²) in [6.45, 7) is 5.52. The highest BCUT2D eigenvalue weighted by Gasteiger charge is 2.29. The number of phenolic OH excluding ortho intramolecular Hbond substituents is 1. The molecule has 0 saturated carbocycles. The van der Waals surface area contributed by atoms with Crippen LogP contribution in [-0.2, 0) is 9.53 Å². The lowest BCUT2D eigenvalue weighted by Gasteiger charge is -2.38. The van der Waals surface area contributed by atoms with E-state index in [1.165, 1.54) is 6.07 Å². The van der Waals surface area contributed by atoms with Crippen molar-refractivity contribution in [1.82, 2.24) is 4.90 Å². The van der Waals surface area contributed by atoms with Crippen molar-refractivity contribution in [2.75, 3.05) is 6.61 Å². The Bertz CT molecular complexity index is 560. The minimum atomic E-state index is -0.596. The van der Waals surface area contributed by atoms with Crippen LogP contribution in [0.3, 0.4) is 0 Å². The fourth-order valence-electron chi connectivity index (χ4n) is 2.93. The van der Waals surface area contributed by atoms with Crippen LogP contribution in [0.15, 0.2) is 18.2 Å². The van der Waals surface area contributed by atoms with Gasteiger partial charge in [0.1, 0.15) is 5.75 Å². The molecule has 1 heterocycles. The van der Waals surface area contributed by atoms with Crippen molar-refractivity contribution < 1.29 is 19.4 Å². The van der Waals surface area contributed by atoms with Gasteiger partial charge in [-0.15, -0.1) is 0 Å². The van der Waals surface area contributed by atoms with E-state index in [1.807, 2.05) is 18.7 Å². The monoisotopic (exact) mass is 305 g/mol. The standard InChI is InChI=1S/C17H23NO4/c1-11-7-8-14(9-15(11)19)17(21)22-10-16(20)18-12(2)5-4-6-13(18)3/h7-9,12-13,19H,4-6,10H2,1-3H3/t12-,13+. The predicted octanol–water partition coefficient (Wildman–Crippen LogP) is 2.65. The lowest BCUT2D eigenvalue weighted by atomic mass is 9.97. The SMILES string of the molecule is Cc1ccc(C(=O)OCC(=O)N2[C@H](C)CCC[C@@H]2C)cc1O. The molecule has 1 amide bonds. The van der Waals surface area contributed by atoms with E-state index < -0.39 is 5.97 Å². The Hall–Kier alpha value is -2.04. The fraction of sp³-hybridized carbons (Fsp3) is 0.529. The first-order valence-electron chi connectivity index (χ1n) is 7.68. The first kappa shape index (κ1) is 16.3. The molecule has 1 aliphatic heterocycles. The largest absolute Gasteiger partial charge is 0.508 e. The molecule has 0 aliphatic carbocycles. The highest BCUT2D eigenvalue weighted by Crippen LogP contribution is 2.23. The number of amides is 1. The van der Waals surface area contributed by atoms with Gasteiger partial charge in [0.25, 0.3) is 5.91 Å². The molecular formula is C17H23NO4. The number of piperidine rings is 1. The molecule has 1 aliphatic rings. The summed E-state index contributed by atoms with van der Waals surface area (Å²) in [6.07, 6.45) is 3.08. The summed E-state index contributed by atoms with van der Waals surface area (Å²) >= 11 is 0. The van der Waals surface area contributed by atoms with E-state index >= 15 is 0 Å². The van der Waals surface area contributed by atoms with E-state index in [4.69, 9.17) is 4.74 Å². The Balaban J connectivity index is 1.95. The number of carbonyl (C=O) groups excluding carboxylic acids is 2. The molecule has 2 atom stereocenters. The number of rotatable bonds is 3. The number of benzene rings is 1. The summed E-state index contributed by atoms with van der Waals surface area (Å²) in [4.78, 5) is 26.0. The zero-order chi connectivity index (χ0) is 16.3. The normalized spacial score (nSPS) is 21.5. The molecule has 0 radical (unpaired) electrons. The molecule has 1 aromatic carbocycles. The summed E-state index contributed by atoms with van der Waals surface area (Å²) in [6, 6.07) is 4.93. The summed E-state index contributed by atoms with van der Waals surface area (Å²) < 4.78 is 5.09. The van der Waals surface area contributed by atoms with Crippen molar-refractivity contribution in [3.8, 4) is 5.75 Å². The van der Waals surface area contributed by atoms with Crippen molar-refractivity contribution >= 4 is 11.9 Å². The summed E-state index contributed by atoms with van der Waals surface area (Å²) in [7, 11) is 0. The van der Waals surface area contributed by atoms with Gasteiger partial charge in [0.05, 0.1) is 5.56 Å². The van der Waals surface area contributed by atoms with Gasteiger partial charge in [0.2, 0.25) is 0 Å². The first-order valence-corrected chi connectivity index (χ1v) is 7.68. The maximum atomic E-state index is 12.3. The van der Waals surface area contributed by atoms with Crippen LogP contribution < -0.4 is 0 Å². The van der Waals surface area contributed by atoms with Crippen LogP contribution in [0, 0.1) is 6.92 Å². The summed E-state index contributed by atoms with van der Waals surface area (Å²) in [5, 5.41) is 9.62. The number of likely N-dealkylation sites (tertiary alicyclic amines) is 1. The molecule has 1 aromatic rings. The average Bonchev–Trinajstić information content (AvgIpc) is 2.47. The van der Waals surface area contributed by atoms with E-state index in [9.17, 15) is 14.7 Å². The Morgan fingerprint density at radius 2 is 1.91 bits per heavy atom. The van der Waals surface area contributed by atoms with Crippen LogP contribution in [0.1, 0.15) is 49.0 Å². The van der Waals surface area contributed by atoms with Crippen LogP contribution in [0.2, 0.25) is 0 Å². The van der Waals surface area contributed by atoms with E-state index in [0.29, 0.717) is 5.56 Å². The third kappa shape index (κ3) is 3.59. The minimum Gasteiger partial charge on any atom is -0.508 e. The van der Waals surface area contributed by atoms with Gasteiger partial charge in [-0.25, -0.2) is 4.79 Å². The molecule has 0 spiro atoms. The Kier molecular flexibility index (Phi) is 5.06. The highest BCUT2D eigenvalue weighted by atomic mass is 16.5. The number of aryl methyl sites for hydroxylation is 1. The van der Waals surface area contributed by atoms with Crippen molar-refractivity contribution in [2.24, 2.45) is 0 Å². The van der Waals surface area contributed by atoms with Crippen molar-refractivity contribution in [2.45, 2.75) is 52.1 Å². The second kappa shape index (κ2) is 6.81. The number of carbonyl (C=O) groups is 2. The second-order valence-electron chi connectivity index (χ2n) is 6.01. The molecule has 0 bridgehead atoms. The third-order valence-corrected chi connectivity index (χ3v) is 4.25. The Morgan fingerprint density at radius 3 is 2.50 bits per heavy atom. The van der Waals surface area contributed by atoms with E-state index in [1.54, 1.807) is 19.1 Å². The van der Waals surface area contributed by atoms with Gasteiger partial charge >= 0.3 is 5.97 Å². The smallest absolute Gasteiger partial charge is 0.338 e. The fourth-order valence-corrected chi connectivity index (χ4v) is 2.93. The first-order chi connectivity index (χ1) is 10.4. The Morgan fingerprint density at radius 1 is 1.27 bits per heavy atom. The van der Waals surface area contributed by atoms with Gasteiger partial charge in [-0.3, -0.25) is 4.79 Å². The van der Waals surface area contributed by atoms with Gasteiger partial charge < -0.3 is 14.7 Å². The Labute approximate surface area is 130 Å². The molecule has 1 N–H and O–H groups in total. The average molecular weight is 305 g/mol. The third-order valence-electron chi connectivity index (χ3n) is 4.25. The lowest BCUT2D eigenvalue weighted by molar-refractivity contribution is -0.140. The van der Waals surface area contributed by atoms with Crippen LogP contribution in [0.5, 0.6) is 5.75 Å².